The normalized spacial score (nSPS) is 18.2. The number of nitrogens with two attached hydrogens (primary N) is 1. The fourth-order valence-corrected chi connectivity index (χ4v) is 4.08. The van der Waals surface area contributed by atoms with Crippen molar-refractivity contribution in [3.63, 3.8) is 0 Å². The Labute approximate surface area is 127 Å². The van der Waals surface area contributed by atoms with Gasteiger partial charge in [0.05, 0.1) is 6.20 Å². The molecule has 0 saturated heterocycles. The molecule has 7 heteroatoms. The van der Waals surface area contributed by atoms with Gasteiger partial charge in [-0.05, 0) is 37.6 Å². The van der Waals surface area contributed by atoms with Crippen molar-refractivity contribution >= 4 is 10.0 Å². The number of aromatic nitrogens is 2. The molecule has 0 amide bonds. The van der Waals surface area contributed by atoms with Crippen LogP contribution in [0.5, 0.6) is 0 Å². The Bertz CT molecular complexity index is 547. The van der Waals surface area contributed by atoms with Crippen molar-refractivity contribution in [2.75, 3.05) is 13.1 Å². The van der Waals surface area contributed by atoms with Crippen LogP contribution in [0.4, 0.5) is 0 Å². The Kier molecular flexibility index (Phi) is 5.40. The van der Waals surface area contributed by atoms with Crippen molar-refractivity contribution in [2.24, 2.45) is 11.1 Å². The van der Waals surface area contributed by atoms with E-state index >= 15 is 0 Å². The Hall–Kier alpha value is -0.920. The molecule has 2 rings (SSSR count). The number of hydrogen-bond acceptors (Lipinski definition) is 4. The van der Waals surface area contributed by atoms with Crippen molar-refractivity contribution in [3.05, 3.63) is 12.4 Å². The van der Waals surface area contributed by atoms with E-state index in [4.69, 9.17) is 5.73 Å². The highest BCUT2D eigenvalue weighted by atomic mass is 32.2. The smallest absolute Gasteiger partial charge is 0.243 e. The van der Waals surface area contributed by atoms with E-state index in [2.05, 4.69) is 16.7 Å². The second-order valence-electron chi connectivity index (χ2n) is 5.97. The molecule has 0 radical (unpaired) electrons. The number of aryl methyl sites for hydroxylation is 1. The molecule has 1 heterocycles. The maximum Gasteiger partial charge on any atom is 0.243 e. The molecule has 1 aliphatic rings. The van der Waals surface area contributed by atoms with Gasteiger partial charge in [0.2, 0.25) is 10.0 Å². The first-order valence-electron chi connectivity index (χ1n) is 7.73. The lowest BCUT2D eigenvalue weighted by atomic mass is 9.84. The molecule has 3 N–H and O–H groups in total. The van der Waals surface area contributed by atoms with Gasteiger partial charge in [-0.3, -0.25) is 4.68 Å². The average molecular weight is 314 g/mol. The van der Waals surface area contributed by atoms with Gasteiger partial charge in [0.15, 0.2) is 0 Å². The van der Waals surface area contributed by atoms with Crippen LogP contribution in [-0.2, 0) is 16.6 Å². The number of rotatable bonds is 8. The molecule has 0 spiro atoms. The molecule has 1 saturated carbocycles. The second kappa shape index (κ2) is 6.89. The zero-order valence-electron chi connectivity index (χ0n) is 12.7. The van der Waals surface area contributed by atoms with Gasteiger partial charge in [-0.25, -0.2) is 13.1 Å². The average Bonchev–Trinajstić information content (AvgIpc) is 3.13. The van der Waals surface area contributed by atoms with E-state index in [1.165, 1.54) is 19.0 Å². The van der Waals surface area contributed by atoms with Crippen molar-refractivity contribution < 1.29 is 8.42 Å². The van der Waals surface area contributed by atoms with Gasteiger partial charge in [0.25, 0.3) is 0 Å². The van der Waals surface area contributed by atoms with Crippen LogP contribution in [0, 0.1) is 5.41 Å². The van der Waals surface area contributed by atoms with E-state index in [0.29, 0.717) is 19.6 Å². The van der Waals surface area contributed by atoms with E-state index < -0.39 is 10.0 Å². The maximum atomic E-state index is 12.3. The second-order valence-corrected chi connectivity index (χ2v) is 7.73. The molecule has 6 nitrogen and oxygen atoms in total. The minimum Gasteiger partial charge on any atom is -0.330 e. The van der Waals surface area contributed by atoms with Crippen LogP contribution in [-0.4, -0.2) is 31.3 Å². The fraction of sp³-hybridized carbons (Fsp3) is 0.786. The number of nitrogens with one attached hydrogen (secondary N) is 1. The summed E-state index contributed by atoms with van der Waals surface area (Å²) in [6, 6.07) is 0. The van der Waals surface area contributed by atoms with Crippen LogP contribution >= 0.6 is 0 Å². The molecule has 21 heavy (non-hydrogen) atoms. The summed E-state index contributed by atoms with van der Waals surface area (Å²) < 4.78 is 29.1. The minimum absolute atomic E-state index is 0.141. The highest BCUT2D eigenvalue weighted by Gasteiger charge is 2.33. The summed E-state index contributed by atoms with van der Waals surface area (Å²) in [5, 5.41) is 4.08. The monoisotopic (exact) mass is 314 g/mol. The molecule has 1 fully saturated rings. The fourth-order valence-electron chi connectivity index (χ4n) is 2.97. The number of sulfonamides is 1. The van der Waals surface area contributed by atoms with E-state index in [-0.39, 0.29) is 10.3 Å². The first-order valence-corrected chi connectivity index (χ1v) is 9.22. The van der Waals surface area contributed by atoms with Crippen molar-refractivity contribution in [1.82, 2.24) is 14.5 Å². The Balaban J connectivity index is 1.99. The van der Waals surface area contributed by atoms with Gasteiger partial charge < -0.3 is 5.73 Å². The van der Waals surface area contributed by atoms with E-state index in [9.17, 15) is 8.42 Å². The molecule has 1 aromatic heterocycles. The summed E-state index contributed by atoms with van der Waals surface area (Å²) in [4.78, 5) is 0.240. The number of nitrogens with zero attached hydrogens (tertiary/aromatic N) is 2. The molecule has 0 aromatic carbocycles. The molecule has 0 bridgehead atoms. The highest BCUT2D eigenvalue weighted by Crippen LogP contribution is 2.40. The van der Waals surface area contributed by atoms with Crippen LogP contribution in [0.3, 0.4) is 0 Å². The topological polar surface area (TPSA) is 90.0 Å². The quantitative estimate of drug-likeness (QED) is 0.760. The minimum atomic E-state index is -3.46. The summed E-state index contributed by atoms with van der Waals surface area (Å²) in [7, 11) is -3.46. The molecule has 1 aromatic rings. The summed E-state index contributed by atoms with van der Waals surface area (Å²) in [5.41, 5.74) is 5.59. The zero-order valence-corrected chi connectivity index (χ0v) is 13.5. The zero-order chi connectivity index (χ0) is 15.3. The summed E-state index contributed by atoms with van der Waals surface area (Å²) in [6.45, 7) is 3.88. The van der Waals surface area contributed by atoms with Gasteiger partial charge in [-0.1, -0.05) is 19.8 Å². The predicted octanol–water partition coefficient (Wildman–Crippen LogP) is 1.48. The molecule has 120 valence electrons. The van der Waals surface area contributed by atoms with Gasteiger partial charge in [-0.2, -0.15) is 5.10 Å². The lowest BCUT2D eigenvalue weighted by Crippen LogP contribution is -2.35. The molecule has 0 aliphatic heterocycles. The van der Waals surface area contributed by atoms with Gasteiger partial charge >= 0.3 is 0 Å². The molecule has 1 aliphatic carbocycles. The lowest BCUT2D eigenvalue weighted by Gasteiger charge is -2.27. The number of hydrogen-bond donors (Lipinski definition) is 2. The standard InChI is InChI=1S/C14H26N4O2S/c1-2-14(6-3-4-7-14)12-17-21(19,20)13-10-16-18(11-13)9-5-8-15/h10-11,17H,2-9,12,15H2,1H3. The van der Waals surface area contributed by atoms with E-state index in [1.807, 2.05) is 0 Å². The highest BCUT2D eigenvalue weighted by molar-refractivity contribution is 7.89. The Morgan fingerprint density at radius 2 is 2.14 bits per heavy atom. The molecular weight excluding hydrogens is 288 g/mol. The van der Waals surface area contributed by atoms with Crippen LogP contribution in [0.15, 0.2) is 17.3 Å². The molecule has 0 unspecified atom stereocenters. The Morgan fingerprint density at radius 3 is 2.76 bits per heavy atom. The molecular formula is C14H26N4O2S. The summed E-state index contributed by atoms with van der Waals surface area (Å²) in [6.07, 6.45) is 9.42. The first kappa shape index (κ1) is 16.5. The molecule has 0 atom stereocenters. The van der Waals surface area contributed by atoms with Gasteiger partial charge in [0.1, 0.15) is 4.90 Å². The van der Waals surface area contributed by atoms with Gasteiger partial charge in [0, 0.05) is 19.3 Å². The van der Waals surface area contributed by atoms with Crippen LogP contribution in [0.1, 0.15) is 45.4 Å². The summed E-state index contributed by atoms with van der Waals surface area (Å²) in [5.74, 6) is 0. The van der Waals surface area contributed by atoms with Crippen molar-refractivity contribution in [2.45, 2.75) is 56.9 Å². The third kappa shape index (κ3) is 4.05. The predicted molar refractivity (Wildman–Crippen MR) is 82.3 cm³/mol. The van der Waals surface area contributed by atoms with Crippen molar-refractivity contribution in [3.8, 4) is 0 Å². The van der Waals surface area contributed by atoms with Crippen molar-refractivity contribution in [1.29, 1.82) is 0 Å². The van der Waals surface area contributed by atoms with Gasteiger partial charge in [-0.15, -0.1) is 0 Å². The van der Waals surface area contributed by atoms with Crippen LogP contribution < -0.4 is 10.5 Å². The first-order chi connectivity index (χ1) is 10.0. The summed E-state index contributed by atoms with van der Waals surface area (Å²) >= 11 is 0. The third-order valence-electron chi connectivity index (χ3n) is 4.56. The van der Waals surface area contributed by atoms with Crippen LogP contribution in [0.25, 0.3) is 0 Å². The van der Waals surface area contributed by atoms with Crippen LogP contribution in [0.2, 0.25) is 0 Å². The maximum absolute atomic E-state index is 12.3. The SMILES string of the molecule is CCC1(CNS(=O)(=O)c2cnn(CCCN)c2)CCCC1. The third-order valence-corrected chi connectivity index (χ3v) is 5.92. The van der Waals surface area contributed by atoms with E-state index in [1.54, 1.807) is 10.9 Å². The lowest BCUT2D eigenvalue weighted by molar-refractivity contribution is 0.285. The Morgan fingerprint density at radius 1 is 1.43 bits per heavy atom. The van der Waals surface area contributed by atoms with E-state index in [0.717, 1.165) is 25.7 Å². The largest absolute Gasteiger partial charge is 0.330 e.